The van der Waals surface area contributed by atoms with E-state index in [2.05, 4.69) is 0 Å². The van der Waals surface area contributed by atoms with Crippen molar-refractivity contribution in [2.75, 3.05) is 13.2 Å². The number of carbonyl (C=O) groups excluding carboxylic acids is 1. The van der Waals surface area contributed by atoms with Gasteiger partial charge in [-0.2, -0.15) is 0 Å². The van der Waals surface area contributed by atoms with E-state index < -0.39 is 11.4 Å². The molecule has 4 heteroatoms. The summed E-state index contributed by atoms with van der Waals surface area (Å²) in [5, 5.41) is 0. The summed E-state index contributed by atoms with van der Waals surface area (Å²) in [5.41, 5.74) is 10.9. The molecule has 0 saturated heterocycles. The number of benzene rings is 1. The first-order valence-electron chi connectivity index (χ1n) is 5.85. The molecular formula is C13H18N2O2. The number of nitrogens with two attached hydrogens (primary N) is 2. The van der Waals surface area contributed by atoms with Gasteiger partial charge in [0.05, 0.1) is 6.61 Å². The second-order valence-corrected chi connectivity index (χ2v) is 4.66. The fourth-order valence-electron chi connectivity index (χ4n) is 1.70. The van der Waals surface area contributed by atoms with Crippen LogP contribution in [0.5, 0.6) is 0 Å². The lowest BCUT2D eigenvalue weighted by molar-refractivity contribution is -0.126. The molecule has 17 heavy (non-hydrogen) atoms. The fraction of sp³-hybridized carbons (Fsp3) is 0.462. The van der Waals surface area contributed by atoms with E-state index in [4.69, 9.17) is 16.2 Å². The summed E-state index contributed by atoms with van der Waals surface area (Å²) in [6.07, 6.45) is 2.42. The maximum Gasteiger partial charge on any atom is 0.244 e. The van der Waals surface area contributed by atoms with Gasteiger partial charge in [-0.25, -0.2) is 0 Å². The van der Waals surface area contributed by atoms with Gasteiger partial charge in [-0.15, -0.1) is 0 Å². The molecule has 92 valence electrons. The van der Waals surface area contributed by atoms with Gasteiger partial charge in [-0.3, -0.25) is 4.79 Å². The highest BCUT2D eigenvalue weighted by Gasteiger charge is 2.35. The Labute approximate surface area is 101 Å². The molecule has 0 heterocycles. The van der Waals surface area contributed by atoms with Crippen molar-refractivity contribution in [3.63, 3.8) is 0 Å². The van der Waals surface area contributed by atoms with Crippen molar-refractivity contribution in [1.82, 2.24) is 0 Å². The Balaban J connectivity index is 2.05. The third-order valence-electron chi connectivity index (χ3n) is 3.11. The largest absolute Gasteiger partial charge is 0.378 e. The van der Waals surface area contributed by atoms with Crippen molar-refractivity contribution >= 4 is 5.91 Å². The molecule has 2 rings (SSSR count). The Morgan fingerprint density at radius 1 is 1.35 bits per heavy atom. The van der Waals surface area contributed by atoms with Crippen LogP contribution in [0.2, 0.25) is 0 Å². The minimum atomic E-state index is -1.23. The standard InChI is InChI=1S/C13H18N2O2/c14-12(16)13(15,9-17-8-10-6-7-10)11-4-2-1-3-5-11/h1-5,10H,6-9,15H2,(H2,14,16). The van der Waals surface area contributed by atoms with Gasteiger partial charge in [0.1, 0.15) is 5.54 Å². The van der Waals surface area contributed by atoms with E-state index in [1.165, 1.54) is 12.8 Å². The van der Waals surface area contributed by atoms with Crippen molar-refractivity contribution in [3.8, 4) is 0 Å². The number of primary amides is 1. The highest BCUT2D eigenvalue weighted by atomic mass is 16.5. The van der Waals surface area contributed by atoms with Gasteiger partial charge in [-0.1, -0.05) is 30.3 Å². The van der Waals surface area contributed by atoms with E-state index in [9.17, 15) is 4.79 Å². The van der Waals surface area contributed by atoms with Gasteiger partial charge in [-0.05, 0) is 24.3 Å². The van der Waals surface area contributed by atoms with E-state index in [1.807, 2.05) is 18.2 Å². The van der Waals surface area contributed by atoms with Gasteiger partial charge in [0.25, 0.3) is 0 Å². The monoisotopic (exact) mass is 234 g/mol. The van der Waals surface area contributed by atoms with Crippen LogP contribution in [-0.4, -0.2) is 19.1 Å². The van der Waals surface area contributed by atoms with Crippen molar-refractivity contribution in [3.05, 3.63) is 35.9 Å². The molecule has 1 atom stereocenters. The maximum atomic E-state index is 11.5. The molecule has 1 aromatic rings. The highest BCUT2D eigenvalue weighted by molar-refractivity contribution is 5.86. The third kappa shape index (κ3) is 2.84. The summed E-state index contributed by atoms with van der Waals surface area (Å²) >= 11 is 0. The lowest BCUT2D eigenvalue weighted by Gasteiger charge is -2.26. The molecule has 1 fully saturated rings. The predicted molar refractivity (Wildman–Crippen MR) is 65.0 cm³/mol. The van der Waals surface area contributed by atoms with Crippen LogP contribution in [-0.2, 0) is 15.1 Å². The summed E-state index contributed by atoms with van der Waals surface area (Å²) in [6.45, 7) is 0.807. The average molecular weight is 234 g/mol. The molecule has 4 nitrogen and oxygen atoms in total. The van der Waals surface area contributed by atoms with Crippen LogP contribution in [0.15, 0.2) is 30.3 Å². The van der Waals surface area contributed by atoms with Gasteiger partial charge < -0.3 is 16.2 Å². The SMILES string of the molecule is NC(=O)C(N)(COCC1CC1)c1ccccc1. The minimum absolute atomic E-state index is 0.142. The smallest absolute Gasteiger partial charge is 0.244 e. The Bertz CT molecular complexity index is 390. The second-order valence-electron chi connectivity index (χ2n) is 4.66. The van der Waals surface area contributed by atoms with E-state index in [-0.39, 0.29) is 6.61 Å². The Morgan fingerprint density at radius 3 is 2.53 bits per heavy atom. The second kappa shape index (κ2) is 4.85. The molecule has 4 N–H and O–H groups in total. The summed E-state index contributed by atoms with van der Waals surface area (Å²) in [7, 11) is 0. The molecule has 1 saturated carbocycles. The van der Waals surface area contributed by atoms with Crippen LogP contribution < -0.4 is 11.5 Å². The Morgan fingerprint density at radius 2 is 2.00 bits per heavy atom. The van der Waals surface area contributed by atoms with Gasteiger partial charge in [0.2, 0.25) is 5.91 Å². The first-order chi connectivity index (χ1) is 8.13. The number of ether oxygens (including phenoxy) is 1. The molecule has 0 bridgehead atoms. The third-order valence-corrected chi connectivity index (χ3v) is 3.11. The van der Waals surface area contributed by atoms with Crippen molar-refractivity contribution in [2.45, 2.75) is 18.4 Å². The van der Waals surface area contributed by atoms with Crippen molar-refractivity contribution in [2.24, 2.45) is 17.4 Å². The van der Waals surface area contributed by atoms with Gasteiger partial charge in [0, 0.05) is 6.61 Å². The van der Waals surface area contributed by atoms with Crippen molar-refractivity contribution in [1.29, 1.82) is 0 Å². The molecule has 0 spiro atoms. The van der Waals surface area contributed by atoms with Gasteiger partial charge in [0.15, 0.2) is 0 Å². The highest BCUT2D eigenvalue weighted by Crippen LogP contribution is 2.29. The lowest BCUT2D eigenvalue weighted by atomic mass is 9.91. The van der Waals surface area contributed by atoms with Crippen molar-refractivity contribution < 1.29 is 9.53 Å². The first kappa shape index (κ1) is 12.1. The number of amides is 1. The molecule has 0 aliphatic heterocycles. The average Bonchev–Trinajstić information content (AvgIpc) is 3.14. The van der Waals surface area contributed by atoms with Crippen LogP contribution >= 0.6 is 0 Å². The quantitative estimate of drug-likeness (QED) is 0.762. The maximum absolute atomic E-state index is 11.5. The Kier molecular flexibility index (Phi) is 3.45. The van der Waals surface area contributed by atoms with E-state index in [0.717, 1.165) is 0 Å². The Hall–Kier alpha value is -1.39. The summed E-state index contributed by atoms with van der Waals surface area (Å²) < 4.78 is 5.51. The number of hydrogen-bond acceptors (Lipinski definition) is 3. The molecule has 1 aliphatic rings. The fourth-order valence-corrected chi connectivity index (χ4v) is 1.70. The topological polar surface area (TPSA) is 78.3 Å². The first-order valence-corrected chi connectivity index (χ1v) is 5.85. The molecule has 1 aliphatic carbocycles. The zero-order chi connectivity index (χ0) is 12.3. The van der Waals surface area contributed by atoms with Crippen LogP contribution in [0, 0.1) is 5.92 Å². The number of rotatable bonds is 6. The van der Waals surface area contributed by atoms with Crippen LogP contribution in [0.3, 0.4) is 0 Å². The normalized spacial score (nSPS) is 18.6. The minimum Gasteiger partial charge on any atom is -0.378 e. The molecule has 1 amide bonds. The van der Waals surface area contributed by atoms with E-state index >= 15 is 0 Å². The molecule has 1 aromatic carbocycles. The van der Waals surface area contributed by atoms with Crippen LogP contribution in [0.25, 0.3) is 0 Å². The summed E-state index contributed by atoms with van der Waals surface area (Å²) in [6, 6.07) is 9.13. The zero-order valence-corrected chi connectivity index (χ0v) is 9.76. The van der Waals surface area contributed by atoms with E-state index in [1.54, 1.807) is 12.1 Å². The zero-order valence-electron chi connectivity index (χ0n) is 9.76. The number of carbonyl (C=O) groups is 1. The molecule has 0 radical (unpaired) electrons. The molecule has 0 aromatic heterocycles. The van der Waals surface area contributed by atoms with Gasteiger partial charge >= 0.3 is 0 Å². The number of hydrogen-bond donors (Lipinski definition) is 2. The van der Waals surface area contributed by atoms with E-state index in [0.29, 0.717) is 18.1 Å². The van der Waals surface area contributed by atoms with Crippen LogP contribution in [0.4, 0.5) is 0 Å². The lowest BCUT2D eigenvalue weighted by Crippen LogP contribution is -2.52. The predicted octanol–water partition coefficient (Wildman–Crippen LogP) is 0.752. The molecule has 1 unspecified atom stereocenters. The molecular weight excluding hydrogens is 216 g/mol. The van der Waals surface area contributed by atoms with Crippen LogP contribution in [0.1, 0.15) is 18.4 Å². The summed E-state index contributed by atoms with van der Waals surface area (Å²) in [5.74, 6) is 0.0856. The summed E-state index contributed by atoms with van der Waals surface area (Å²) in [4.78, 5) is 11.5.